The van der Waals surface area contributed by atoms with Gasteiger partial charge in [0, 0.05) is 16.4 Å². The molecule has 2 fully saturated rings. The van der Waals surface area contributed by atoms with Crippen molar-refractivity contribution in [2.45, 2.75) is 54.9 Å². The van der Waals surface area contributed by atoms with Crippen LogP contribution in [-0.2, 0) is 5.41 Å². The topological polar surface area (TPSA) is 79.6 Å². The van der Waals surface area contributed by atoms with Gasteiger partial charge in [-0.2, -0.15) is 17.9 Å². The molecule has 3 aromatic rings. The van der Waals surface area contributed by atoms with Crippen molar-refractivity contribution in [3.8, 4) is 6.07 Å². The minimum absolute atomic E-state index is 0.234. The molecule has 2 heterocycles. The Kier molecular flexibility index (Phi) is 5.31. The summed E-state index contributed by atoms with van der Waals surface area (Å²) in [5, 5.41) is 19.7. The number of nitrogens with zero attached hydrogens (tertiary/aromatic N) is 3. The number of fused-ring (bicyclic) bond motifs is 1. The van der Waals surface area contributed by atoms with E-state index in [-0.39, 0.29) is 17.3 Å². The van der Waals surface area contributed by atoms with Crippen LogP contribution >= 0.6 is 28.6 Å². The first-order valence-corrected chi connectivity index (χ1v) is 12.0. The molecule has 158 valence electrons. The van der Waals surface area contributed by atoms with Crippen molar-refractivity contribution in [1.29, 1.82) is 10.7 Å². The zero-order valence-corrected chi connectivity index (χ0v) is 19.5. The summed E-state index contributed by atoms with van der Waals surface area (Å²) in [4.78, 5) is 10.3. The number of hydrogen-bond donors (Lipinski definition) is 3. The first kappa shape index (κ1) is 20.6. The van der Waals surface area contributed by atoms with Gasteiger partial charge in [0.15, 0.2) is 5.41 Å². The highest BCUT2D eigenvalue weighted by Crippen LogP contribution is 2.52. The molecule has 0 bridgehead atoms. The number of benzene rings is 2. The number of nitriles is 1. The molecule has 1 aromatic heterocycles. The van der Waals surface area contributed by atoms with E-state index in [1.54, 1.807) is 0 Å². The fourth-order valence-electron chi connectivity index (χ4n) is 5.32. The normalized spacial score (nSPS) is 27.0. The second-order valence-corrected chi connectivity index (χ2v) is 9.96. The average molecular weight is 494 g/mol. The van der Waals surface area contributed by atoms with Crippen molar-refractivity contribution in [3.63, 3.8) is 0 Å². The highest BCUT2D eigenvalue weighted by atomic mass is 79.9. The van der Waals surface area contributed by atoms with Gasteiger partial charge < -0.3 is 9.88 Å². The number of aromatic amines is 1. The van der Waals surface area contributed by atoms with Gasteiger partial charge in [-0.25, -0.2) is 4.98 Å². The quantitative estimate of drug-likeness (QED) is 0.406. The van der Waals surface area contributed by atoms with Crippen molar-refractivity contribution in [2.24, 2.45) is 0 Å². The smallest absolute Gasteiger partial charge is 0.181 e. The number of aromatic nitrogens is 2. The molecule has 0 radical (unpaired) electrons. The monoisotopic (exact) mass is 493 g/mol. The van der Waals surface area contributed by atoms with E-state index in [9.17, 15) is 10.7 Å². The maximum Gasteiger partial charge on any atom is 0.181 e. The lowest BCUT2D eigenvalue weighted by molar-refractivity contribution is 0.238. The lowest BCUT2D eigenvalue weighted by atomic mass is 9.74. The van der Waals surface area contributed by atoms with Crippen LogP contribution in [-0.4, -0.2) is 32.1 Å². The summed E-state index contributed by atoms with van der Waals surface area (Å²) in [6, 6.07) is 18.6. The number of amidine groups is 1. The van der Waals surface area contributed by atoms with Crippen LogP contribution in [0.1, 0.15) is 49.4 Å². The minimum atomic E-state index is -1.23. The fraction of sp³-hybridized carbons (Fsp3) is 0.375. The Bertz CT molecular complexity index is 1140. The molecule has 1 saturated heterocycles. The number of likely N-dealkylation sites (tertiary alicyclic amines) is 1. The summed E-state index contributed by atoms with van der Waals surface area (Å²) in [7, 11) is 0. The van der Waals surface area contributed by atoms with Crippen LogP contribution < -0.4 is 0 Å². The van der Waals surface area contributed by atoms with Gasteiger partial charge in [0.2, 0.25) is 0 Å². The summed E-state index contributed by atoms with van der Waals surface area (Å²) < 4.78 is 0.949. The second-order valence-electron chi connectivity index (χ2n) is 8.52. The Morgan fingerprint density at radius 2 is 1.94 bits per heavy atom. The van der Waals surface area contributed by atoms with Gasteiger partial charge in [0.1, 0.15) is 11.7 Å². The van der Waals surface area contributed by atoms with Crippen molar-refractivity contribution in [2.75, 3.05) is 0 Å². The number of halogens is 1. The number of hydrogen-bond acceptors (Lipinski definition) is 4. The molecule has 1 aliphatic carbocycles. The molecule has 5 nitrogen and oxygen atoms in total. The maximum atomic E-state index is 10.7. The highest BCUT2D eigenvalue weighted by molar-refractivity contribution is 9.10. The third-order valence-electron chi connectivity index (χ3n) is 6.80. The molecular formula is C24H24BrN5S. The lowest BCUT2D eigenvalue weighted by Crippen LogP contribution is -2.44. The molecule has 2 aliphatic rings. The number of para-hydroxylation sites is 2. The van der Waals surface area contributed by atoms with Gasteiger partial charge in [0.05, 0.1) is 22.5 Å². The third-order valence-corrected chi connectivity index (χ3v) is 7.84. The summed E-state index contributed by atoms with van der Waals surface area (Å²) in [6.07, 6.45) is 5.61. The predicted molar refractivity (Wildman–Crippen MR) is 129 cm³/mol. The lowest BCUT2D eigenvalue weighted by Gasteiger charge is -2.36. The van der Waals surface area contributed by atoms with Crippen LogP contribution in [0.15, 0.2) is 53.0 Å². The van der Waals surface area contributed by atoms with Gasteiger partial charge in [-0.3, -0.25) is 5.41 Å². The van der Waals surface area contributed by atoms with E-state index in [4.69, 9.17) is 17.6 Å². The van der Waals surface area contributed by atoms with Crippen molar-refractivity contribution in [1.82, 2.24) is 14.9 Å². The summed E-state index contributed by atoms with van der Waals surface area (Å²) in [5.74, 6) is 0.516. The first-order chi connectivity index (χ1) is 15.1. The van der Waals surface area contributed by atoms with Crippen LogP contribution in [0.4, 0.5) is 0 Å². The van der Waals surface area contributed by atoms with E-state index in [1.807, 2.05) is 48.5 Å². The molecule has 2 aromatic carbocycles. The highest BCUT2D eigenvalue weighted by Gasteiger charge is 2.61. The van der Waals surface area contributed by atoms with E-state index in [0.717, 1.165) is 46.8 Å². The molecule has 3 atom stereocenters. The SMILES string of the molecule is N#CC1(c2nc3ccccc3[nH]2)C(=N)N(C2CCCCC2)C(S)C1c1cccc(Br)c1. The van der Waals surface area contributed by atoms with E-state index < -0.39 is 5.41 Å². The molecule has 5 rings (SSSR count). The predicted octanol–water partition coefficient (Wildman–Crippen LogP) is 5.75. The van der Waals surface area contributed by atoms with Crippen LogP contribution in [0, 0.1) is 16.7 Å². The number of thiol groups is 1. The maximum absolute atomic E-state index is 10.7. The van der Waals surface area contributed by atoms with Crippen LogP contribution in [0.25, 0.3) is 11.0 Å². The van der Waals surface area contributed by atoms with Crippen LogP contribution in [0.5, 0.6) is 0 Å². The molecule has 3 unspecified atom stereocenters. The van der Waals surface area contributed by atoms with Crippen LogP contribution in [0.2, 0.25) is 0 Å². The molecule has 1 aliphatic heterocycles. The number of imidazole rings is 1. The standard InChI is InChI=1S/C24H24BrN5S/c25-16-8-6-7-15(13-16)20-21(31)30(17-9-2-1-3-10-17)22(27)24(20,14-26)23-28-18-11-4-5-12-19(18)29-23/h4-8,11-13,17,20-21,27,31H,1-3,9-10H2,(H,28,29). The van der Waals surface area contributed by atoms with Crippen molar-refractivity contribution < 1.29 is 0 Å². The number of H-pyrrole nitrogens is 1. The van der Waals surface area contributed by atoms with Gasteiger partial charge in [-0.1, -0.05) is 59.5 Å². The molecule has 7 heteroatoms. The minimum Gasteiger partial charge on any atom is -0.343 e. The van der Waals surface area contributed by atoms with Gasteiger partial charge in [-0.15, -0.1) is 0 Å². The van der Waals surface area contributed by atoms with E-state index in [1.165, 1.54) is 6.42 Å². The molecule has 0 amide bonds. The largest absolute Gasteiger partial charge is 0.343 e. The number of rotatable bonds is 3. The average Bonchev–Trinajstić information content (AvgIpc) is 3.31. The Balaban J connectivity index is 1.72. The molecule has 2 N–H and O–H groups in total. The first-order valence-electron chi connectivity index (χ1n) is 10.7. The summed E-state index contributed by atoms with van der Waals surface area (Å²) >= 11 is 8.64. The molecule has 1 saturated carbocycles. The Morgan fingerprint density at radius 1 is 1.16 bits per heavy atom. The van der Waals surface area contributed by atoms with Gasteiger partial charge >= 0.3 is 0 Å². The molecule has 0 spiro atoms. The van der Waals surface area contributed by atoms with E-state index >= 15 is 0 Å². The number of nitrogens with one attached hydrogen (secondary N) is 2. The Labute approximate surface area is 195 Å². The second kappa shape index (κ2) is 7.99. The molecule has 31 heavy (non-hydrogen) atoms. The van der Waals surface area contributed by atoms with Crippen molar-refractivity contribution >= 4 is 45.4 Å². The zero-order valence-electron chi connectivity index (χ0n) is 17.1. The fourth-order valence-corrected chi connectivity index (χ4v) is 6.44. The van der Waals surface area contributed by atoms with Crippen LogP contribution in [0.3, 0.4) is 0 Å². The van der Waals surface area contributed by atoms with Gasteiger partial charge in [-0.05, 0) is 42.7 Å². The zero-order chi connectivity index (χ0) is 21.6. The van der Waals surface area contributed by atoms with Gasteiger partial charge in [0.25, 0.3) is 0 Å². The Morgan fingerprint density at radius 3 is 2.65 bits per heavy atom. The summed E-state index contributed by atoms with van der Waals surface area (Å²) in [5.41, 5.74) is 1.43. The summed E-state index contributed by atoms with van der Waals surface area (Å²) in [6.45, 7) is 0. The molecular weight excluding hydrogens is 470 g/mol. The van der Waals surface area contributed by atoms with Crippen molar-refractivity contribution in [3.05, 3.63) is 64.4 Å². The Hall–Kier alpha value is -2.30. The third kappa shape index (κ3) is 3.19. The van der Waals surface area contributed by atoms with E-state index in [2.05, 4.69) is 31.9 Å². The van der Waals surface area contributed by atoms with E-state index in [0.29, 0.717) is 11.7 Å².